The van der Waals surface area contributed by atoms with Crippen molar-refractivity contribution >= 4 is 40.1 Å². The Balaban J connectivity index is 1.36. The second-order valence-corrected chi connectivity index (χ2v) is 7.92. The summed E-state index contributed by atoms with van der Waals surface area (Å²) >= 11 is 12.0. The second-order valence-electron chi connectivity index (χ2n) is 7.07. The van der Waals surface area contributed by atoms with Gasteiger partial charge in [-0.2, -0.15) is 0 Å². The van der Waals surface area contributed by atoms with E-state index < -0.39 is 6.10 Å². The number of halogens is 2. The molecule has 1 atom stereocenters. The van der Waals surface area contributed by atoms with E-state index in [2.05, 4.69) is 4.98 Å². The highest BCUT2D eigenvalue weighted by Crippen LogP contribution is 2.30. The number of hydrogen-bond acceptors (Lipinski definition) is 3. The predicted octanol–water partition coefficient (Wildman–Crippen LogP) is 5.04. The molecule has 0 bridgehead atoms. The summed E-state index contributed by atoms with van der Waals surface area (Å²) in [6.45, 7) is 3.11. The molecule has 1 unspecified atom stereocenters. The first-order valence-corrected chi connectivity index (χ1v) is 10.1. The number of nitrogens with zero attached hydrogens (tertiary/aromatic N) is 2. The Hall–Kier alpha value is -2.24. The predicted molar refractivity (Wildman–Crippen MR) is 111 cm³/mol. The van der Waals surface area contributed by atoms with Gasteiger partial charge < -0.3 is 14.6 Å². The number of para-hydroxylation sites is 2. The summed E-state index contributed by atoms with van der Waals surface area (Å²) in [6, 6.07) is 13.0. The zero-order valence-corrected chi connectivity index (χ0v) is 17.0. The number of aromatic nitrogens is 2. The summed E-state index contributed by atoms with van der Waals surface area (Å²) in [7, 11) is 0. The van der Waals surface area contributed by atoms with E-state index in [4.69, 9.17) is 32.9 Å². The molecule has 0 radical (unpaired) electrons. The molecule has 3 aromatic rings. The van der Waals surface area contributed by atoms with E-state index in [1.165, 1.54) is 0 Å². The molecule has 1 aliphatic heterocycles. The van der Waals surface area contributed by atoms with E-state index in [9.17, 15) is 4.79 Å². The molecule has 0 spiro atoms. The normalized spacial score (nSPS) is 16.3. The van der Waals surface area contributed by atoms with E-state index in [1.807, 2.05) is 29.2 Å². The molecule has 1 N–H and O–H groups in total. The number of nitrogens with one attached hydrogen (secondary N) is 1. The first-order valence-electron chi connectivity index (χ1n) is 9.36. The molecular weight excluding hydrogens is 397 g/mol. The minimum Gasteiger partial charge on any atom is -0.479 e. The van der Waals surface area contributed by atoms with Gasteiger partial charge in [0.25, 0.3) is 5.91 Å². The Kier molecular flexibility index (Phi) is 5.47. The number of carbonyl (C=O) groups is 1. The molecule has 1 fully saturated rings. The third-order valence-corrected chi connectivity index (χ3v) is 5.68. The minimum atomic E-state index is -0.610. The van der Waals surface area contributed by atoms with Gasteiger partial charge in [-0.3, -0.25) is 4.79 Å². The van der Waals surface area contributed by atoms with Crippen LogP contribution in [0, 0.1) is 0 Å². The number of ether oxygens (including phenoxy) is 1. The van der Waals surface area contributed by atoms with Gasteiger partial charge in [-0.05, 0) is 50.1 Å². The molecule has 5 nitrogen and oxygen atoms in total. The van der Waals surface area contributed by atoms with Crippen LogP contribution >= 0.6 is 23.2 Å². The maximum Gasteiger partial charge on any atom is 0.263 e. The highest BCUT2D eigenvalue weighted by atomic mass is 35.5. The fraction of sp³-hybridized carbons (Fsp3) is 0.333. The Morgan fingerprint density at radius 1 is 1.21 bits per heavy atom. The topological polar surface area (TPSA) is 58.2 Å². The van der Waals surface area contributed by atoms with E-state index in [0.717, 1.165) is 29.7 Å². The van der Waals surface area contributed by atoms with Gasteiger partial charge in [0.1, 0.15) is 11.6 Å². The summed E-state index contributed by atoms with van der Waals surface area (Å²) in [6.07, 6.45) is 1.14. The van der Waals surface area contributed by atoms with Gasteiger partial charge in [0.05, 0.1) is 16.1 Å². The van der Waals surface area contributed by atoms with Crippen molar-refractivity contribution in [2.45, 2.75) is 31.8 Å². The van der Waals surface area contributed by atoms with Crippen molar-refractivity contribution in [3.05, 3.63) is 58.3 Å². The van der Waals surface area contributed by atoms with E-state index >= 15 is 0 Å². The lowest BCUT2D eigenvalue weighted by Gasteiger charge is -2.32. The van der Waals surface area contributed by atoms with Crippen molar-refractivity contribution in [3.63, 3.8) is 0 Å². The molecule has 28 heavy (non-hydrogen) atoms. The first kappa shape index (κ1) is 19.1. The van der Waals surface area contributed by atoms with Crippen LogP contribution in [-0.2, 0) is 4.79 Å². The van der Waals surface area contributed by atoms with Crippen molar-refractivity contribution in [2.75, 3.05) is 13.1 Å². The molecule has 4 rings (SSSR count). The summed E-state index contributed by atoms with van der Waals surface area (Å²) in [5.41, 5.74) is 2.04. The molecule has 7 heteroatoms. The maximum absolute atomic E-state index is 12.8. The highest BCUT2D eigenvalue weighted by Gasteiger charge is 2.29. The van der Waals surface area contributed by atoms with Gasteiger partial charge in [0.15, 0.2) is 6.10 Å². The lowest BCUT2D eigenvalue weighted by atomic mass is 9.96. The number of aromatic amines is 1. The molecule has 146 valence electrons. The number of benzene rings is 2. The molecule has 1 aliphatic rings. The van der Waals surface area contributed by atoms with Crippen molar-refractivity contribution in [3.8, 4) is 5.75 Å². The van der Waals surface area contributed by atoms with E-state index in [0.29, 0.717) is 34.8 Å². The fourth-order valence-electron chi connectivity index (χ4n) is 3.61. The Labute approximate surface area is 173 Å². The number of amides is 1. The van der Waals surface area contributed by atoms with Gasteiger partial charge in [-0.25, -0.2) is 4.98 Å². The van der Waals surface area contributed by atoms with Crippen LogP contribution in [0.4, 0.5) is 0 Å². The number of H-pyrrole nitrogens is 1. The lowest BCUT2D eigenvalue weighted by molar-refractivity contribution is -0.139. The Morgan fingerprint density at radius 2 is 1.96 bits per heavy atom. The zero-order valence-electron chi connectivity index (χ0n) is 15.5. The average molecular weight is 418 g/mol. The second kappa shape index (κ2) is 8.02. The number of imidazole rings is 1. The van der Waals surface area contributed by atoms with E-state index in [-0.39, 0.29) is 5.91 Å². The van der Waals surface area contributed by atoms with Crippen molar-refractivity contribution in [1.82, 2.24) is 14.9 Å². The maximum atomic E-state index is 12.8. The monoisotopic (exact) mass is 417 g/mol. The third kappa shape index (κ3) is 3.96. The smallest absolute Gasteiger partial charge is 0.263 e. The Bertz CT molecular complexity index is 963. The SMILES string of the molecule is CC(Oc1ccc(Cl)cc1Cl)C(=O)N1CCC(c2nc3ccccc3[nH]2)CC1. The van der Waals surface area contributed by atoms with Crippen LogP contribution < -0.4 is 4.74 Å². The molecule has 1 aromatic heterocycles. The average Bonchev–Trinajstić information content (AvgIpc) is 3.14. The van der Waals surface area contributed by atoms with Gasteiger partial charge in [-0.1, -0.05) is 35.3 Å². The van der Waals surface area contributed by atoms with Gasteiger partial charge in [-0.15, -0.1) is 0 Å². The number of fused-ring (bicyclic) bond motifs is 1. The molecule has 2 aromatic carbocycles. The summed E-state index contributed by atoms with van der Waals surface area (Å²) in [4.78, 5) is 22.7. The van der Waals surface area contributed by atoms with Crippen LogP contribution in [-0.4, -0.2) is 40.0 Å². The van der Waals surface area contributed by atoms with Gasteiger partial charge >= 0.3 is 0 Å². The van der Waals surface area contributed by atoms with Crippen molar-refractivity contribution < 1.29 is 9.53 Å². The number of piperidine rings is 1. The molecule has 2 heterocycles. The fourth-order valence-corrected chi connectivity index (χ4v) is 4.06. The molecular formula is C21H21Cl2N3O2. The van der Waals surface area contributed by atoms with Crippen molar-refractivity contribution in [1.29, 1.82) is 0 Å². The molecule has 0 saturated carbocycles. The third-order valence-electron chi connectivity index (χ3n) is 5.15. The van der Waals surface area contributed by atoms with Crippen LogP contribution in [0.3, 0.4) is 0 Å². The van der Waals surface area contributed by atoms with Gasteiger partial charge in [0, 0.05) is 24.0 Å². The Morgan fingerprint density at radius 3 is 2.68 bits per heavy atom. The standard InChI is InChI=1S/C21H21Cl2N3O2/c1-13(28-19-7-6-15(22)12-16(19)23)21(27)26-10-8-14(9-11-26)20-24-17-4-2-3-5-18(17)25-20/h2-7,12-14H,8-11H2,1H3,(H,24,25). The first-order chi connectivity index (χ1) is 13.5. The highest BCUT2D eigenvalue weighted by molar-refractivity contribution is 6.35. The molecule has 1 amide bonds. The summed E-state index contributed by atoms with van der Waals surface area (Å²) in [5, 5.41) is 0.930. The number of likely N-dealkylation sites (tertiary alicyclic amines) is 1. The summed E-state index contributed by atoms with van der Waals surface area (Å²) < 4.78 is 5.77. The molecule has 1 saturated heterocycles. The quantitative estimate of drug-likeness (QED) is 0.646. The number of hydrogen-bond donors (Lipinski definition) is 1. The van der Waals surface area contributed by atoms with Crippen LogP contribution in [0.15, 0.2) is 42.5 Å². The van der Waals surface area contributed by atoms with Crippen LogP contribution in [0.1, 0.15) is 31.5 Å². The number of rotatable bonds is 4. The number of carbonyl (C=O) groups excluding carboxylic acids is 1. The van der Waals surface area contributed by atoms with Crippen LogP contribution in [0.25, 0.3) is 11.0 Å². The largest absolute Gasteiger partial charge is 0.479 e. The van der Waals surface area contributed by atoms with Crippen LogP contribution in [0.5, 0.6) is 5.75 Å². The van der Waals surface area contributed by atoms with Crippen molar-refractivity contribution in [2.24, 2.45) is 0 Å². The zero-order chi connectivity index (χ0) is 19.7. The lowest BCUT2D eigenvalue weighted by Crippen LogP contribution is -2.44. The van der Waals surface area contributed by atoms with Crippen LogP contribution in [0.2, 0.25) is 10.0 Å². The van der Waals surface area contributed by atoms with Gasteiger partial charge in [0.2, 0.25) is 0 Å². The molecule has 0 aliphatic carbocycles. The minimum absolute atomic E-state index is 0.0333. The summed E-state index contributed by atoms with van der Waals surface area (Å²) in [5.74, 6) is 1.77. The van der Waals surface area contributed by atoms with E-state index in [1.54, 1.807) is 25.1 Å².